The maximum atomic E-state index is 12.3. The molecule has 24 heavy (non-hydrogen) atoms. The van der Waals surface area contributed by atoms with Crippen molar-refractivity contribution in [3.63, 3.8) is 0 Å². The van der Waals surface area contributed by atoms with Crippen LogP contribution in [0.1, 0.15) is 40.3 Å². The molecule has 0 bridgehead atoms. The second kappa shape index (κ2) is 8.31. The molecule has 0 spiro atoms. The molecule has 1 aromatic heterocycles. The van der Waals surface area contributed by atoms with Crippen molar-refractivity contribution < 1.29 is 14.0 Å². The Kier molecular flexibility index (Phi) is 6.14. The number of rotatable bonds is 7. The van der Waals surface area contributed by atoms with Crippen LogP contribution in [0.3, 0.4) is 0 Å². The normalized spacial score (nSPS) is 11.8. The molecule has 0 unspecified atom stereocenters. The Hall–Kier alpha value is -2.60. The third-order valence-electron chi connectivity index (χ3n) is 3.61. The van der Waals surface area contributed by atoms with E-state index in [1.807, 2.05) is 20.8 Å². The second-order valence-electron chi connectivity index (χ2n) is 5.63. The van der Waals surface area contributed by atoms with Crippen molar-refractivity contribution in [2.24, 2.45) is 0 Å². The van der Waals surface area contributed by atoms with Gasteiger partial charge in [0.2, 0.25) is 0 Å². The van der Waals surface area contributed by atoms with E-state index in [4.69, 9.17) is 4.42 Å². The van der Waals surface area contributed by atoms with E-state index in [0.717, 1.165) is 12.1 Å². The summed E-state index contributed by atoms with van der Waals surface area (Å²) in [6.07, 6.45) is 1.44. The largest absolute Gasteiger partial charge is 0.459 e. The van der Waals surface area contributed by atoms with Crippen LogP contribution in [0, 0.1) is 6.92 Å². The zero-order chi connectivity index (χ0) is 17.5. The number of hydrogen-bond acceptors (Lipinski definition) is 4. The average molecular weight is 329 g/mol. The fraction of sp³-hybridized carbons (Fsp3) is 0.333. The number of anilines is 1. The zero-order valence-electron chi connectivity index (χ0n) is 14.2. The molecular formula is C18H23N3O3. The van der Waals surface area contributed by atoms with Gasteiger partial charge in [0.15, 0.2) is 5.76 Å². The van der Waals surface area contributed by atoms with Gasteiger partial charge in [0.1, 0.15) is 0 Å². The highest BCUT2D eigenvalue weighted by atomic mass is 16.3. The maximum absolute atomic E-state index is 12.3. The first kappa shape index (κ1) is 17.7. The summed E-state index contributed by atoms with van der Waals surface area (Å²) >= 11 is 0. The predicted octanol–water partition coefficient (Wildman–Crippen LogP) is 2.57. The van der Waals surface area contributed by atoms with Crippen LogP contribution in [0.25, 0.3) is 0 Å². The molecule has 128 valence electrons. The predicted molar refractivity (Wildman–Crippen MR) is 93.3 cm³/mol. The Bertz CT molecular complexity index is 696. The molecule has 0 fully saturated rings. The highest BCUT2D eigenvalue weighted by Crippen LogP contribution is 2.18. The van der Waals surface area contributed by atoms with Crippen LogP contribution >= 0.6 is 0 Å². The Morgan fingerprint density at radius 2 is 2.00 bits per heavy atom. The molecule has 0 aliphatic carbocycles. The molecule has 6 heteroatoms. The van der Waals surface area contributed by atoms with Crippen LogP contribution in [0.5, 0.6) is 0 Å². The number of nitrogens with one attached hydrogen (secondary N) is 3. The number of benzene rings is 1. The van der Waals surface area contributed by atoms with Gasteiger partial charge in [0.25, 0.3) is 11.8 Å². The minimum atomic E-state index is -0.346. The number of aryl methyl sites for hydroxylation is 1. The van der Waals surface area contributed by atoms with Gasteiger partial charge in [-0.1, -0.05) is 13.0 Å². The van der Waals surface area contributed by atoms with Gasteiger partial charge in [-0.3, -0.25) is 9.59 Å². The molecule has 6 nitrogen and oxygen atoms in total. The summed E-state index contributed by atoms with van der Waals surface area (Å²) in [5.41, 5.74) is 1.95. The molecule has 0 saturated carbocycles. The zero-order valence-corrected chi connectivity index (χ0v) is 14.2. The smallest absolute Gasteiger partial charge is 0.291 e. The molecule has 1 aromatic carbocycles. The number of hydrogen-bond donors (Lipinski definition) is 3. The van der Waals surface area contributed by atoms with E-state index in [0.29, 0.717) is 17.8 Å². The van der Waals surface area contributed by atoms with Crippen molar-refractivity contribution in [2.75, 3.05) is 18.4 Å². The molecule has 2 amide bonds. The minimum Gasteiger partial charge on any atom is -0.459 e. The first-order valence-corrected chi connectivity index (χ1v) is 7.98. The summed E-state index contributed by atoms with van der Waals surface area (Å²) in [6, 6.07) is 8.65. The molecule has 3 N–H and O–H groups in total. The van der Waals surface area contributed by atoms with Crippen LogP contribution in [0.2, 0.25) is 0 Å². The molecule has 0 aliphatic rings. The molecule has 1 atom stereocenters. The number of amides is 2. The molecule has 1 heterocycles. The number of carbonyl (C=O) groups excluding carboxylic acids is 2. The van der Waals surface area contributed by atoms with Crippen LogP contribution in [0.4, 0.5) is 5.69 Å². The third-order valence-corrected chi connectivity index (χ3v) is 3.61. The van der Waals surface area contributed by atoms with E-state index < -0.39 is 0 Å². The SMILES string of the molecule is CCN[C@H](C)CNC(=O)c1ccc(C)c(NC(=O)c2ccco2)c1. The quantitative estimate of drug-likeness (QED) is 0.729. The first-order valence-electron chi connectivity index (χ1n) is 7.98. The Balaban J connectivity index is 2.05. The summed E-state index contributed by atoms with van der Waals surface area (Å²) < 4.78 is 5.07. The monoisotopic (exact) mass is 329 g/mol. The van der Waals surface area contributed by atoms with Crippen molar-refractivity contribution in [2.45, 2.75) is 26.8 Å². The highest BCUT2D eigenvalue weighted by Gasteiger charge is 2.13. The summed E-state index contributed by atoms with van der Waals surface area (Å²) in [6.45, 7) is 7.28. The van der Waals surface area contributed by atoms with Gasteiger partial charge in [0, 0.05) is 23.8 Å². The fourth-order valence-electron chi connectivity index (χ4n) is 2.26. The lowest BCUT2D eigenvalue weighted by molar-refractivity contribution is 0.0948. The van der Waals surface area contributed by atoms with Gasteiger partial charge in [-0.2, -0.15) is 0 Å². The summed E-state index contributed by atoms with van der Waals surface area (Å²) in [4.78, 5) is 24.3. The Labute approximate surface area is 141 Å². The summed E-state index contributed by atoms with van der Waals surface area (Å²) in [5, 5.41) is 8.88. The van der Waals surface area contributed by atoms with Gasteiger partial charge in [-0.25, -0.2) is 0 Å². The Morgan fingerprint density at radius 1 is 1.21 bits per heavy atom. The topological polar surface area (TPSA) is 83.4 Å². The summed E-state index contributed by atoms with van der Waals surface area (Å²) in [5.74, 6) is -0.293. The standard InChI is InChI=1S/C18H23N3O3/c1-4-19-13(3)11-20-17(22)14-8-7-12(2)15(10-14)21-18(23)16-6-5-9-24-16/h5-10,13,19H,4,11H2,1-3H3,(H,20,22)(H,21,23)/t13-/m1/s1. The fourth-order valence-corrected chi connectivity index (χ4v) is 2.26. The van der Waals surface area contributed by atoms with Crippen LogP contribution < -0.4 is 16.0 Å². The Morgan fingerprint density at radius 3 is 2.67 bits per heavy atom. The van der Waals surface area contributed by atoms with E-state index in [1.165, 1.54) is 6.26 Å². The van der Waals surface area contributed by atoms with E-state index in [1.54, 1.807) is 30.3 Å². The lowest BCUT2D eigenvalue weighted by Gasteiger charge is -2.14. The average Bonchev–Trinajstić information content (AvgIpc) is 3.09. The van der Waals surface area contributed by atoms with Gasteiger partial charge in [-0.05, 0) is 50.2 Å². The van der Waals surface area contributed by atoms with Crippen LogP contribution in [-0.4, -0.2) is 30.9 Å². The summed E-state index contributed by atoms with van der Waals surface area (Å²) in [7, 11) is 0. The molecule has 2 rings (SSSR count). The van der Waals surface area contributed by atoms with Gasteiger partial charge >= 0.3 is 0 Å². The van der Waals surface area contributed by atoms with Crippen molar-refractivity contribution in [3.8, 4) is 0 Å². The third kappa shape index (κ3) is 4.70. The van der Waals surface area contributed by atoms with E-state index >= 15 is 0 Å². The number of likely N-dealkylation sites (N-methyl/N-ethyl adjacent to an activating group) is 1. The molecule has 2 aromatic rings. The van der Waals surface area contributed by atoms with Gasteiger partial charge in [0.05, 0.1) is 6.26 Å². The molecule has 0 aliphatic heterocycles. The molecule has 0 radical (unpaired) electrons. The van der Waals surface area contributed by atoms with Crippen molar-refractivity contribution in [1.29, 1.82) is 0 Å². The highest BCUT2D eigenvalue weighted by molar-refractivity contribution is 6.03. The number of carbonyl (C=O) groups is 2. The van der Waals surface area contributed by atoms with Crippen molar-refractivity contribution >= 4 is 17.5 Å². The minimum absolute atomic E-state index is 0.173. The van der Waals surface area contributed by atoms with Crippen molar-refractivity contribution in [1.82, 2.24) is 10.6 Å². The van der Waals surface area contributed by atoms with Crippen LogP contribution in [0.15, 0.2) is 41.0 Å². The van der Waals surface area contributed by atoms with E-state index in [-0.39, 0.29) is 23.6 Å². The van der Waals surface area contributed by atoms with Gasteiger partial charge < -0.3 is 20.4 Å². The van der Waals surface area contributed by atoms with E-state index in [2.05, 4.69) is 16.0 Å². The lowest BCUT2D eigenvalue weighted by atomic mass is 10.1. The number of furan rings is 1. The maximum Gasteiger partial charge on any atom is 0.291 e. The van der Waals surface area contributed by atoms with Crippen molar-refractivity contribution in [3.05, 3.63) is 53.5 Å². The van der Waals surface area contributed by atoms with Gasteiger partial charge in [-0.15, -0.1) is 0 Å². The molecule has 0 saturated heterocycles. The first-order chi connectivity index (χ1) is 11.5. The lowest BCUT2D eigenvalue weighted by Crippen LogP contribution is -2.38. The van der Waals surface area contributed by atoms with E-state index in [9.17, 15) is 9.59 Å². The second-order valence-corrected chi connectivity index (χ2v) is 5.63. The molecular weight excluding hydrogens is 306 g/mol. The van der Waals surface area contributed by atoms with Crippen LogP contribution in [-0.2, 0) is 0 Å².